The first kappa shape index (κ1) is 14.5. The quantitative estimate of drug-likeness (QED) is 0.777. The van der Waals surface area contributed by atoms with Crippen LogP contribution in [0.25, 0.3) is 0 Å². The lowest BCUT2D eigenvalue weighted by Gasteiger charge is -2.28. The fourth-order valence-electron chi connectivity index (χ4n) is 2.43. The van der Waals surface area contributed by atoms with E-state index in [9.17, 15) is 0 Å². The number of ether oxygens (including phenoxy) is 2. The van der Waals surface area contributed by atoms with Crippen LogP contribution in [0.15, 0.2) is 6.07 Å². The van der Waals surface area contributed by atoms with Gasteiger partial charge in [0.15, 0.2) is 0 Å². The number of methoxy groups -OCH3 is 1. The van der Waals surface area contributed by atoms with Crippen LogP contribution >= 0.6 is 11.6 Å². The van der Waals surface area contributed by atoms with Crippen LogP contribution in [0.2, 0.25) is 5.15 Å². The zero-order chi connectivity index (χ0) is 13.7. The van der Waals surface area contributed by atoms with E-state index in [1.807, 2.05) is 0 Å². The predicted octanol–water partition coefficient (Wildman–Crippen LogP) is 3.42. The third kappa shape index (κ3) is 4.32. The van der Waals surface area contributed by atoms with Gasteiger partial charge >= 0.3 is 0 Å². The Bertz CT molecular complexity index is 414. The van der Waals surface area contributed by atoms with Crippen LogP contribution in [0.3, 0.4) is 0 Å². The first-order valence-electron chi connectivity index (χ1n) is 6.94. The molecule has 5 heteroatoms. The number of aromatic nitrogens is 2. The standard InChI is InChI=1S/C14H21ClN2O2/c1-3-5-13-16-12(15)9-14(17-13)19-11-7-4-6-10(8-11)18-2/h9-11H,3-8H2,1-2H3. The van der Waals surface area contributed by atoms with Crippen LogP contribution in [-0.4, -0.2) is 29.3 Å². The molecule has 2 rings (SSSR count). The Morgan fingerprint density at radius 1 is 1.32 bits per heavy atom. The number of hydrogen-bond acceptors (Lipinski definition) is 4. The molecule has 0 radical (unpaired) electrons. The Morgan fingerprint density at radius 2 is 2.11 bits per heavy atom. The fourth-order valence-corrected chi connectivity index (χ4v) is 2.62. The summed E-state index contributed by atoms with van der Waals surface area (Å²) in [6, 6.07) is 1.69. The van der Waals surface area contributed by atoms with Crippen LogP contribution in [0.4, 0.5) is 0 Å². The molecule has 106 valence electrons. The normalized spacial score (nSPS) is 23.3. The third-order valence-electron chi connectivity index (χ3n) is 3.39. The van der Waals surface area contributed by atoms with Gasteiger partial charge in [-0.3, -0.25) is 0 Å². The third-order valence-corrected chi connectivity index (χ3v) is 3.58. The molecule has 1 heterocycles. The molecule has 1 fully saturated rings. The van der Waals surface area contributed by atoms with Crippen molar-refractivity contribution >= 4 is 11.6 Å². The average Bonchev–Trinajstić information content (AvgIpc) is 2.38. The second kappa shape index (κ2) is 7.06. The summed E-state index contributed by atoms with van der Waals surface area (Å²) in [6.45, 7) is 2.09. The molecule has 0 spiro atoms. The van der Waals surface area contributed by atoms with Crippen molar-refractivity contribution in [3.05, 3.63) is 17.0 Å². The van der Waals surface area contributed by atoms with E-state index in [0.717, 1.165) is 44.3 Å². The summed E-state index contributed by atoms with van der Waals surface area (Å²) in [6.07, 6.45) is 6.49. The van der Waals surface area contributed by atoms with E-state index in [1.54, 1.807) is 13.2 Å². The minimum absolute atomic E-state index is 0.166. The summed E-state index contributed by atoms with van der Waals surface area (Å²) in [5.41, 5.74) is 0. The maximum absolute atomic E-state index is 6.00. The molecular formula is C14H21ClN2O2. The Hall–Kier alpha value is -0.870. The van der Waals surface area contributed by atoms with E-state index in [4.69, 9.17) is 21.1 Å². The molecule has 2 atom stereocenters. The molecular weight excluding hydrogens is 264 g/mol. The van der Waals surface area contributed by atoms with Crippen molar-refractivity contribution < 1.29 is 9.47 Å². The van der Waals surface area contributed by atoms with Crippen molar-refractivity contribution in [2.24, 2.45) is 0 Å². The van der Waals surface area contributed by atoms with Crippen molar-refractivity contribution in [1.29, 1.82) is 0 Å². The average molecular weight is 285 g/mol. The van der Waals surface area contributed by atoms with Crippen LogP contribution in [0.1, 0.15) is 44.9 Å². The molecule has 0 saturated heterocycles. The predicted molar refractivity (Wildman–Crippen MR) is 74.7 cm³/mol. The van der Waals surface area contributed by atoms with Gasteiger partial charge in [-0.05, 0) is 25.7 Å². The molecule has 1 aromatic heterocycles. The summed E-state index contributed by atoms with van der Waals surface area (Å²) in [5.74, 6) is 1.34. The van der Waals surface area contributed by atoms with Gasteiger partial charge in [-0.25, -0.2) is 4.98 Å². The Morgan fingerprint density at radius 3 is 2.84 bits per heavy atom. The first-order chi connectivity index (χ1) is 9.21. The van der Waals surface area contributed by atoms with E-state index in [0.29, 0.717) is 17.1 Å². The minimum atomic E-state index is 0.166. The molecule has 1 saturated carbocycles. The molecule has 0 aromatic carbocycles. The van der Waals surface area contributed by atoms with Crippen molar-refractivity contribution in [1.82, 2.24) is 9.97 Å². The fraction of sp³-hybridized carbons (Fsp3) is 0.714. The van der Waals surface area contributed by atoms with Crippen molar-refractivity contribution in [3.8, 4) is 5.88 Å². The first-order valence-corrected chi connectivity index (χ1v) is 7.32. The summed E-state index contributed by atoms with van der Waals surface area (Å²) in [7, 11) is 1.76. The molecule has 0 bridgehead atoms. The van der Waals surface area contributed by atoms with E-state index < -0.39 is 0 Å². The lowest BCUT2D eigenvalue weighted by Crippen LogP contribution is -2.29. The maximum Gasteiger partial charge on any atom is 0.218 e. The van der Waals surface area contributed by atoms with Crippen molar-refractivity contribution in [2.45, 2.75) is 57.7 Å². The van der Waals surface area contributed by atoms with Gasteiger partial charge in [-0.2, -0.15) is 4.98 Å². The van der Waals surface area contributed by atoms with E-state index in [1.165, 1.54) is 0 Å². The van der Waals surface area contributed by atoms with E-state index in [-0.39, 0.29) is 6.10 Å². The highest BCUT2D eigenvalue weighted by atomic mass is 35.5. The molecule has 1 aliphatic rings. The van der Waals surface area contributed by atoms with Gasteiger partial charge in [0.1, 0.15) is 17.1 Å². The van der Waals surface area contributed by atoms with Gasteiger partial charge < -0.3 is 9.47 Å². The molecule has 0 amide bonds. The lowest BCUT2D eigenvalue weighted by molar-refractivity contribution is 0.0194. The lowest BCUT2D eigenvalue weighted by atomic mass is 9.95. The number of aryl methyl sites for hydroxylation is 1. The van der Waals surface area contributed by atoms with Gasteiger partial charge in [0, 0.05) is 26.0 Å². The highest BCUT2D eigenvalue weighted by molar-refractivity contribution is 6.29. The number of nitrogens with zero attached hydrogens (tertiary/aromatic N) is 2. The highest BCUT2D eigenvalue weighted by Gasteiger charge is 2.23. The second-order valence-corrected chi connectivity index (χ2v) is 5.35. The Labute approximate surface area is 119 Å². The van der Waals surface area contributed by atoms with Crippen molar-refractivity contribution in [3.63, 3.8) is 0 Å². The molecule has 19 heavy (non-hydrogen) atoms. The molecule has 0 aliphatic heterocycles. The number of rotatable bonds is 5. The summed E-state index contributed by atoms with van der Waals surface area (Å²) < 4.78 is 11.3. The Kier molecular flexibility index (Phi) is 5.40. The zero-order valence-electron chi connectivity index (χ0n) is 11.6. The summed E-state index contributed by atoms with van der Waals surface area (Å²) >= 11 is 6.00. The molecule has 1 aliphatic carbocycles. The summed E-state index contributed by atoms with van der Waals surface area (Å²) in [5, 5.41) is 0.451. The van der Waals surface area contributed by atoms with Crippen LogP contribution in [0, 0.1) is 0 Å². The highest BCUT2D eigenvalue weighted by Crippen LogP contribution is 2.25. The monoisotopic (exact) mass is 284 g/mol. The SMILES string of the molecule is CCCc1nc(Cl)cc(OC2CCCC(OC)C2)n1. The molecule has 0 N–H and O–H groups in total. The molecule has 1 aromatic rings. The van der Waals surface area contributed by atoms with Crippen LogP contribution in [-0.2, 0) is 11.2 Å². The van der Waals surface area contributed by atoms with Gasteiger partial charge in [0.25, 0.3) is 0 Å². The van der Waals surface area contributed by atoms with Gasteiger partial charge in [-0.15, -0.1) is 0 Å². The van der Waals surface area contributed by atoms with Crippen molar-refractivity contribution in [2.75, 3.05) is 7.11 Å². The van der Waals surface area contributed by atoms with Crippen LogP contribution in [0.5, 0.6) is 5.88 Å². The van der Waals surface area contributed by atoms with Gasteiger partial charge in [0.2, 0.25) is 5.88 Å². The second-order valence-electron chi connectivity index (χ2n) is 4.96. The topological polar surface area (TPSA) is 44.2 Å². The maximum atomic E-state index is 6.00. The largest absolute Gasteiger partial charge is 0.474 e. The summed E-state index contributed by atoms with van der Waals surface area (Å²) in [4.78, 5) is 8.61. The van der Waals surface area contributed by atoms with Gasteiger partial charge in [0.05, 0.1) is 6.10 Å². The Balaban J connectivity index is 2.01. The van der Waals surface area contributed by atoms with Gasteiger partial charge in [-0.1, -0.05) is 18.5 Å². The zero-order valence-corrected chi connectivity index (χ0v) is 12.3. The number of hydrogen-bond donors (Lipinski definition) is 0. The van der Waals surface area contributed by atoms with E-state index in [2.05, 4.69) is 16.9 Å². The molecule has 2 unspecified atom stereocenters. The smallest absolute Gasteiger partial charge is 0.218 e. The minimum Gasteiger partial charge on any atom is -0.474 e. The number of halogens is 1. The molecule has 4 nitrogen and oxygen atoms in total. The van der Waals surface area contributed by atoms with E-state index >= 15 is 0 Å². The van der Waals surface area contributed by atoms with Crippen LogP contribution < -0.4 is 4.74 Å².